The largest absolute Gasteiger partial charge is 0.508 e. The monoisotopic (exact) mass is 247 g/mol. The lowest BCUT2D eigenvalue weighted by Gasteiger charge is -2.30. The number of nitrogens with one attached hydrogen (secondary N) is 1. The van der Waals surface area contributed by atoms with E-state index in [4.69, 9.17) is 0 Å². The summed E-state index contributed by atoms with van der Waals surface area (Å²) in [6.45, 7) is 3.19. The maximum atomic E-state index is 9.26. The molecule has 1 saturated carbocycles. The minimum atomic E-state index is 0.345. The van der Waals surface area contributed by atoms with Crippen LogP contribution in [0.2, 0.25) is 0 Å². The number of hydrogen-bond acceptors (Lipinski definition) is 2. The molecule has 0 amide bonds. The Kier molecular flexibility index (Phi) is 5.06. The topological polar surface area (TPSA) is 32.3 Å². The average molecular weight is 247 g/mol. The van der Waals surface area contributed by atoms with Gasteiger partial charge in [-0.15, -0.1) is 0 Å². The van der Waals surface area contributed by atoms with Gasteiger partial charge in [0.15, 0.2) is 0 Å². The third-order valence-corrected chi connectivity index (χ3v) is 4.16. The highest BCUT2D eigenvalue weighted by atomic mass is 16.3. The quantitative estimate of drug-likeness (QED) is 0.828. The van der Waals surface area contributed by atoms with Crippen molar-refractivity contribution in [1.82, 2.24) is 5.32 Å². The summed E-state index contributed by atoms with van der Waals surface area (Å²) in [7, 11) is 0. The van der Waals surface area contributed by atoms with Gasteiger partial charge in [-0.3, -0.25) is 0 Å². The van der Waals surface area contributed by atoms with Gasteiger partial charge in [0.25, 0.3) is 0 Å². The van der Waals surface area contributed by atoms with Crippen molar-refractivity contribution in [3.05, 3.63) is 29.8 Å². The first-order chi connectivity index (χ1) is 8.79. The number of benzene rings is 1. The van der Waals surface area contributed by atoms with E-state index < -0.39 is 0 Å². The van der Waals surface area contributed by atoms with Crippen LogP contribution in [0.3, 0.4) is 0 Å². The fraction of sp³-hybridized carbons (Fsp3) is 0.625. The van der Waals surface area contributed by atoms with E-state index in [0.29, 0.717) is 11.8 Å². The molecular weight excluding hydrogens is 222 g/mol. The molecule has 100 valence electrons. The highest BCUT2D eigenvalue weighted by molar-refractivity contribution is 5.25. The van der Waals surface area contributed by atoms with Gasteiger partial charge in [-0.05, 0) is 42.9 Å². The van der Waals surface area contributed by atoms with Gasteiger partial charge in [-0.1, -0.05) is 38.3 Å². The van der Waals surface area contributed by atoms with Crippen molar-refractivity contribution in [3.8, 4) is 5.75 Å². The summed E-state index contributed by atoms with van der Waals surface area (Å²) >= 11 is 0. The summed E-state index contributed by atoms with van der Waals surface area (Å²) < 4.78 is 0. The van der Waals surface area contributed by atoms with Crippen LogP contribution >= 0.6 is 0 Å². The second kappa shape index (κ2) is 6.79. The lowest BCUT2D eigenvalue weighted by molar-refractivity contribution is 0.261. The van der Waals surface area contributed by atoms with Gasteiger partial charge in [0.1, 0.15) is 5.75 Å². The van der Waals surface area contributed by atoms with E-state index >= 15 is 0 Å². The Morgan fingerprint density at radius 3 is 2.44 bits per heavy atom. The smallest absolute Gasteiger partial charge is 0.115 e. The fourth-order valence-corrected chi connectivity index (χ4v) is 3.04. The third-order valence-electron chi connectivity index (χ3n) is 4.16. The van der Waals surface area contributed by atoms with Crippen molar-refractivity contribution in [2.75, 3.05) is 0 Å². The zero-order valence-corrected chi connectivity index (χ0v) is 11.4. The maximum absolute atomic E-state index is 9.26. The molecule has 0 saturated heterocycles. The molecular formula is C16H25NO. The van der Waals surface area contributed by atoms with E-state index in [9.17, 15) is 5.11 Å². The van der Waals surface area contributed by atoms with Crippen LogP contribution in [0.25, 0.3) is 0 Å². The van der Waals surface area contributed by atoms with Crippen molar-refractivity contribution in [3.63, 3.8) is 0 Å². The van der Waals surface area contributed by atoms with Crippen LogP contribution in [-0.4, -0.2) is 11.1 Å². The van der Waals surface area contributed by atoms with Crippen LogP contribution in [0.1, 0.15) is 51.0 Å². The maximum Gasteiger partial charge on any atom is 0.115 e. The summed E-state index contributed by atoms with van der Waals surface area (Å²) in [5, 5.41) is 13.0. The first kappa shape index (κ1) is 13.4. The zero-order chi connectivity index (χ0) is 12.8. The van der Waals surface area contributed by atoms with Crippen molar-refractivity contribution < 1.29 is 5.11 Å². The molecule has 2 heteroatoms. The Hall–Kier alpha value is -1.02. The predicted molar refractivity (Wildman–Crippen MR) is 75.6 cm³/mol. The molecule has 1 aliphatic rings. The molecule has 1 unspecified atom stereocenters. The molecule has 2 N–H and O–H groups in total. The number of rotatable bonds is 5. The average Bonchev–Trinajstić information content (AvgIpc) is 2.43. The molecule has 0 aliphatic heterocycles. The Balaban J connectivity index is 1.84. The van der Waals surface area contributed by atoms with Gasteiger partial charge < -0.3 is 10.4 Å². The fourth-order valence-electron chi connectivity index (χ4n) is 3.04. The van der Waals surface area contributed by atoms with Crippen LogP contribution in [0, 0.1) is 5.92 Å². The summed E-state index contributed by atoms with van der Waals surface area (Å²) in [6, 6.07) is 8.17. The summed E-state index contributed by atoms with van der Waals surface area (Å²) in [5.74, 6) is 1.21. The Bertz CT molecular complexity index is 341. The third kappa shape index (κ3) is 3.74. The van der Waals surface area contributed by atoms with Crippen LogP contribution in [0.5, 0.6) is 5.75 Å². The highest BCUT2D eigenvalue weighted by Gasteiger charge is 2.21. The minimum Gasteiger partial charge on any atom is -0.508 e. The zero-order valence-electron chi connectivity index (χ0n) is 11.4. The molecule has 18 heavy (non-hydrogen) atoms. The molecule has 0 bridgehead atoms. The van der Waals surface area contributed by atoms with Crippen LogP contribution in [0.15, 0.2) is 24.3 Å². The Labute approximate surface area is 110 Å². The normalized spacial score (nSPS) is 18.7. The van der Waals surface area contributed by atoms with E-state index in [-0.39, 0.29) is 0 Å². The number of phenols is 1. The molecule has 1 aromatic carbocycles. The lowest BCUT2D eigenvalue weighted by atomic mass is 9.83. The molecule has 0 spiro atoms. The van der Waals surface area contributed by atoms with Crippen molar-refractivity contribution in [1.29, 1.82) is 0 Å². The van der Waals surface area contributed by atoms with Crippen molar-refractivity contribution in [2.45, 2.75) is 58.0 Å². The van der Waals surface area contributed by atoms with Gasteiger partial charge in [0.05, 0.1) is 0 Å². The van der Waals surface area contributed by atoms with Gasteiger partial charge in [0.2, 0.25) is 0 Å². The second-order valence-electron chi connectivity index (χ2n) is 5.46. The molecule has 1 aromatic rings. The van der Waals surface area contributed by atoms with Crippen molar-refractivity contribution in [2.24, 2.45) is 5.92 Å². The lowest BCUT2D eigenvalue weighted by Crippen LogP contribution is -2.36. The molecule has 1 atom stereocenters. The molecule has 1 fully saturated rings. The summed E-state index contributed by atoms with van der Waals surface area (Å²) in [5.41, 5.74) is 1.25. The number of phenolic OH excluding ortho intramolecular Hbond substituents is 1. The van der Waals surface area contributed by atoms with Crippen molar-refractivity contribution >= 4 is 0 Å². The molecule has 0 radical (unpaired) electrons. The SMILES string of the molecule is CCC(NCc1ccc(O)cc1)C1CCCCC1. The number of aromatic hydroxyl groups is 1. The van der Waals surface area contributed by atoms with Gasteiger partial charge in [-0.25, -0.2) is 0 Å². The highest BCUT2D eigenvalue weighted by Crippen LogP contribution is 2.27. The molecule has 2 rings (SSSR count). The van der Waals surface area contributed by atoms with E-state index in [2.05, 4.69) is 12.2 Å². The van der Waals surface area contributed by atoms with E-state index in [1.54, 1.807) is 12.1 Å². The summed E-state index contributed by atoms with van der Waals surface area (Å²) in [6.07, 6.45) is 8.22. The van der Waals surface area contributed by atoms with Crippen LogP contribution in [-0.2, 0) is 6.54 Å². The summed E-state index contributed by atoms with van der Waals surface area (Å²) in [4.78, 5) is 0. The Morgan fingerprint density at radius 2 is 1.83 bits per heavy atom. The minimum absolute atomic E-state index is 0.345. The van der Waals surface area contributed by atoms with Gasteiger partial charge in [-0.2, -0.15) is 0 Å². The number of hydrogen-bond donors (Lipinski definition) is 2. The second-order valence-corrected chi connectivity index (χ2v) is 5.46. The first-order valence-corrected chi connectivity index (χ1v) is 7.31. The predicted octanol–water partition coefficient (Wildman–Crippen LogP) is 3.84. The van der Waals surface area contributed by atoms with Crippen LogP contribution < -0.4 is 5.32 Å². The molecule has 2 nitrogen and oxygen atoms in total. The van der Waals surface area contributed by atoms with E-state index in [1.807, 2.05) is 12.1 Å². The molecule has 1 aliphatic carbocycles. The van der Waals surface area contributed by atoms with E-state index in [0.717, 1.165) is 12.5 Å². The van der Waals surface area contributed by atoms with E-state index in [1.165, 1.54) is 44.1 Å². The molecule has 0 heterocycles. The Morgan fingerprint density at radius 1 is 1.17 bits per heavy atom. The first-order valence-electron chi connectivity index (χ1n) is 7.31. The van der Waals surface area contributed by atoms with Crippen LogP contribution in [0.4, 0.5) is 0 Å². The van der Waals surface area contributed by atoms with Gasteiger partial charge in [0, 0.05) is 12.6 Å². The van der Waals surface area contributed by atoms with Gasteiger partial charge >= 0.3 is 0 Å². The standard InChI is InChI=1S/C16H25NO/c1-2-16(14-6-4-3-5-7-14)17-12-13-8-10-15(18)11-9-13/h8-11,14,16-18H,2-7,12H2,1H3. The molecule has 0 aromatic heterocycles.